The molecule has 30 heavy (non-hydrogen) atoms. The molecule has 0 radical (unpaired) electrons. The van der Waals surface area contributed by atoms with Crippen molar-refractivity contribution in [1.82, 2.24) is 10.2 Å². The fourth-order valence-corrected chi connectivity index (χ4v) is 4.81. The molecule has 0 aromatic heterocycles. The van der Waals surface area contributed by atoms with Crippen LogP contribution < -0.4 is 5.32 Å². The van der Waals surface area contributed by atoms with Crippen LogP contribution in [0.15, 0.2) is 51.6 Å². The van der Waals surface area contributed by atoms with Gasteiger partial charge in [0.1, 0.15) is 0 Å². The molecular weight excluding hydrogens is 398 g/mol. The Kier molecular flexibility index (Phi) is 5.99. The Morgan fingerprint density at radius 2 is 2.13 bits per heavy atom. The van der Waals surface area contributed by atoms with Crippen molar-refractivity contribution in [3.05, 3.63) is 57.8 Å². The molecule has 1 aromatic carbocycles. The maximum absolute atomic E-state index is 12.8. The number of ether oxygens (including phenoxy) is 1. The third-order valence-corrected chi connectivity index (χ3v) is 6.50. The highest BCUT2D eigenvalue weighted by atomic mass is 32.2. The number of methoxy groups -OCH3 is 1. The summed E-state index contributed by atoms with van der Waals surface area (Å²) < 4.78 is 5.14. The van der Waals surface area contributed by atoms with Crippen LogP contribution in [-0.2, 0) is 14.3 Å². The van der Waals surface area contributed by atoms with Gasteiger partial charge in [-0.05, 0) is 43.1 Å². The van der Waals surface area contributed by atoms with Gasteiger partial charge < -0.3 is 15.0 Å². The molecule has 1 aliphatic carbocycles. The van der Waals surface area contributed by atoms with Gasteiger partial charge in [0, 0.05) is 12.2 Å². The van der Waals surface area contributed by atoms with E-state index in [1.54, 1.807) is 0 Å². The number of nitrogens with zero attached hydrogens (tertiary/aromatic N) is 2. The lowest BCUT2D eigenvalue weighted by molar-refractivity contribution is -0.136. The molecule has 2 aliphatic heterocycles. The molecule has 0 bridgehead atoms. The lowest BCUT2D eigenvalue weighted by Crippen LogP contribution is -2.38. The maximum Gasteiger partial charge on any atom is 0.338 e. The summed E-state index contributed by atoms with van der Waals surface area (Å²) in [4.78, 5) is 32.2. The molecule has 0 unspecified atom stereocenters. The molecule has 2 heterocycles. The Morgan fingerprint density at radius 3 is 2.80 bits per heavy atom. The molecule has 0 spiro atoms. The lowest BCUT2D eigenvalue weighted by Gasteiger charge is -2.36. The normalized spacial score (nSPS) is 20.5. The van der Waals surface area contributed by atoms with Crippen LogP contribution in [0.5, 0.6) is 0 Å². The van der Waals surface area contributed by atoms with Crippen molar-refractivity contribution in [2.45, 2.75) is 45.6 Å². The zero-order chi connectivity index (χ0) is 21.3. The van der Waals surface area contributed by atoms with E-state index in [9.17, 15) is 9.59 Å². The number of hydrogen-bond acceptors (Lipinski definition) is 6. The molecule has 4 rings (SSSR count). The van der Waals surface area contributed by atoms with Crippen molar-refractivity contribution in [1.29, 1.82) is 0 Å². The van der Waals surface area contributed by atoms with E-state index in [4.69, 9.17) is 9.73 Å². The summed E-state index contributed by atoms with van der Waals surface area (Å²) in [6, 6.07) is 7.76. The fraction of sp³-hybridized carbons (Fsp3) is 0.435. The number of nitrogens with one attached hydrogen (secondary N) is 1. The van der Waals surface area contributed by atoms with E-state index in [0.29, 0.717) is 17.9 Å². The molecule has 0 saturated heterocycles. The van der Waals surface area contributed by atoms with Gasteiger partial charge in [-0.25, -0.2) is 9.79 Å². The number of hydrogen-bond donors (Lipinski definition) is 1. The van der Waals surface area contributed by atoms with Crippen LogP contribution in [0.4, 0.5) is 0 Å². The summed E-state index contributed by atoms with van der Waals surface area (Å²) in [5.41, 5.74) is 4.23. The van der Waals surface area contributed by atoms with Gasteiger partial charge in [-0.15, -0.1) is 0 Å². The number of benzene rings is 1. The fourth-order valence-electron chi connectivity index (χ4n) is 3.88. The predicted octanol–water partition coefficient (Wildman–Crippen LogP) is 4.05. The quantitative estimate of drug-likeness (QED) is 0.668. The van der Waals surface area contributed by atoms with E-state index in [1.165, 1.54) is 31.7 Å². The molecule has 1 aromatic rings. The SMILES string of the molecule is CCC1=C(C(=O)OC)[C@@H](c2cccc(C)c2)N2C(CC(=O)NCC3CC3)=CSC2=N1. The molecule has 7 heteroatoms. The van der Waals surface area contributed by atoms with Gasteiger partial charge in [0.15, 0.2) is 5.17 Å². The largest absolute Gasteiger partial charge is 0.466 e. The molecule has 158 valence electrons. The molecule has 1 fully saturated rings. The topological polar surface area (TPSA) is 71.0 Å². The Bertz CT molecular complexity index is 962. The Morgan fingerprint density at radius 1 is 1.33 bits per heavy atom. The van der Waals surface area contributed by atoms with Crippen LogP contribution >= 0.6 is 11.8 Å². The third-order valence-electron chi connectivity index (χ3n) is 5.61. The number of carbonyl (C=O) groups excluding carboxylic acids is 2. The second kappa shape index (κ2) is 8.68. The maximum atomic E-state index is 12.8. The van der Waals surface area contributed by atoms with Gasteiger partial charge in [-0.2, -0.15) is 0 Å². The van der Waals surface area contributed by atoms with Crippen LogP contribution in [-0.4, -0.2) is 35.6 Å². The zero-order valence-electron chi connectivity index (χ0n) is 17.6. The highest BCUT2D eigenvalue weighted by Gasteiger charge is 2.41. The second-order valence-corrected chi connectivity index (χ2v) is 8.77. The van der Waals surface area contributed by atoms with Crippen molar-refractivity contribution in [2.75, 3.05) is 13.7 Å². The molecule has 1 amide bonds. The number of amides is 1. The van der Waals surface area contributed by atoms with Crippen molar-refractivity contribution in [3.63, 3.8) is 0 Å². The van der Waals surface area contributed by atoms with Gasteiger partial charge in [0.25, 0.3) is 0 Å². The van der Waals surface area contributed by atoms with E-state index in [1.807, 2.05) is 42.4 Å². The van der Waals surface area contributed by atoms with Crippen LogP contribution in [0.1, 0.15) is 49.8 Å². The summed E-state index contributed by atoms with van der Waals surface area (Å²) in [6.45, 7) is 4.77. The number of amidine groups is 1. The highest BCUT2D eigenvalue weighted by molar-refractivity contribution is 8.16. The average Bonchev–Trinajstić information content (AvgIpc) is 3.50. The Hall–Kier alpha value is -2.54. The molecular formula is C23H27N3O3S. The van der Waals surface area contributed by atoms with Crippen molar-refractivity contribution >= 4 is 28.8 Å². The first-order chi connectivity index (χ1) is 14.5. The standard InChI is InChI=1S/C23H27N3O3S/c1-4-18-20(22(28)29-3)21(16-7-5-6-14(2)10-16)26-17(13-30-23(26)25-18)11-19(27)24-12-15-8-9-15/h5-7,10,13,15,21H,4,8-9,11-12H2,1-3H3,(H,24,27)/t21-/m1/s1. The van der Waals surface area contributed by atoms with Crippen LogP contribution in [0, 0.1) is 12.8 Å². The first kappa shape index (κ1) is 20.7. The molecule has 1 N–H and O–H groups in total. The highest BCUT2D eigenvalue weighted by Crippen LogP contribution is 2.45. The number of fused-ring (bicyclic) bond motifs is 1. The zero-order valence-corrected chi connectivity index (χ0v) is 18.4. The Balaban J connectivity index is 1.69. The summed E-state index contributed by atoms with van der Waals surface area (Å²) in [5, 5.41) is 5.82. The first-order valence-corrected chi connectivity index (χ1v) is 11.3. The van der Waals surface area contributed by atoms with E-state index in [-0.39, 0.29) is 24.3 Å². The van der Waals surface area contributed by atoms with E-state index in [0.717, 1.165) is 34.2 Å². The third kappa shape index (κ3) is 4.17. The van der Waals surface area contributed by atoms with Gasteiger partial charge in [0.05, 0.1) is 30.8 Å². The average molecular weight is 426 g/mol. The number of esters is 1. The second-order valence-electron chi connectivity index (χ2n) is 7.94. The first-order valence-electron chi connectivity index (χ1n) is 10.4. The summed E-state index contributed by atoms with van der Waals surface area (Å²) in [7, 11) is 1.40. The predicted molar refractivity (Wildman–Crippen MR) is 119 cm³/mol. The number of carbonyl (C=O) groups is 2. The Labute approximate surface area is 181 Å². The number of rotatable bonds is 7. The van der Waals surface area contributed by atoms with E-state index >= 15 is 0 Å². The summed E-state index contributed by atoms with van der Waals surface area (Å²) in [6.07, 6.45) is 3.29. The lowest BCUT2D eigenvalue weighted by atomic mass is 9.92. The minimum absolute atomic E-state index is 0.00267. The molecule has 3 aliphatic rings. The van der Waals surface area contributed by atoms with Crippen LogP contribution in [0.3, 0.4) is 0 Å². The van der Waals surface area contributed by atoms with Gasteiger partial charge in [-0.1, -0.05) is 48.5 Å². The van der Waals surface area contributed by atoms with Gasteiger partial charge in [0.2, 0.25) is 5.91 Å². The minimum atomic E-state index is -0.379. The number of aryl methyl sites for hydroxylation is 1. The van der Waals surface area contributed by atoms with Gasteiger partial charge in [-0.3, -0.25) is 4.79 Å². The van der Waals surface area contributed by atoms with Crippen molar-refractivity contribution in [3.8, 4) is 0 Å². The number of thioether (sulfide) groups is 1. The monoisotopic (exact) mass is 425 g/mol. The van der Waals surface area contributed by atoms with Crippen LogP contribution in [0.2, 0.25) is 0 Å². The van der Waals surface area contributed by atoms with Gasteiger partial charge >= 0.3 is 5.97 Å². The number of allylic oxidation sites excluding steroid dienone is 1. The molecule has 1 saturated carbocycles. The molecule has 6 nitrogen and oxygen atoms in total. The summed E-state index contributed by atoms with van der Waals surface area (Å²) in [5.74, 6) is 0.257. The smallest absolute Gasteiger partial charge is 0.338 e. The molecule has 1 atom stereocenters. The minimum Gasteiger partial charge on any atom is -0.466 e. The van der Waals surface area contributed by atoms with Crippen molar-refractivity contribution in [2.24, 2.45) is 10.9 Å². The van der Waals surface area contributed by atoms with Crippen LogP contribution in [0.25, 0.3) is 0 Å². The summed E-state index contributed by atoms with van der Waals surface area (Å²) >= 11 is 1.50. The van der Waals surface area contributed by atoms with E-state index < -0.39 is 0 Å². The van der Waals surface area contributed by atoms with Crippen molar-refractivity contribution < 1.29 is 14.3 Å². The number of aliphatic imine (C=N–C) groups is 1. The van der Waals surface area contributed by atoms with E-state index in [2.05, 4.69) is 11.4 Å².